The van der Waals surface area contributed by atoms with E-state index in [0.29, 0.717) is 50.8 Å². The summed E-state index contributed by atoms with van der Waals surface area (Å²) in [6, 6.07) is 31.4. The third kappa shape index (κ3) is 11.6. The third-order valence-electron chi connectivity index (χ3n) is 7.44. The van der Waals surface area contributed by atoms with Crippen LogP contribution in [-0.2, 0) is 31.9 Å². The molecule has 0 saturated carbocycles. The largest absolute Gasteiger partial charge is 0.490 e. The van der Waals surface area contributed by atoms with Gasteiger partial charge >= 0.3 is 11.9 Å². The monoisotopic (exact) mass is 650 g/mol. The van der Waals surface area contributed by atoms with Crippen molar-refractivity contribution in [2.45, 2.75) is 38.9 Å². The maximum absolute atomic E-state index is 11.3. The summed E-state index contributed by atoms with van der Waals surface area (Å²) in [5, 5.41) is 18.5. The van der Waals surface area contributed by atoms with Gasteiger partial charge in [-0.2, -0.15) is 0 Å². The fourth-order valence-electron chi connectivity index (χ4n) is 4.94. The first kappa shape index (κ1) is 35.7. The number of hydrogen-bond donors (Lipinski definition) is 2. The van der Waals surface area contributed by atoms with Crippen molar-refractivity contribution in [3.63, 3.8) is 0 Å². The Morgan fingerprint density at radius 1 is 0.562 bits per heavy atom. The van der Waals surface area contributed by atoms with E-state index in [1.165, 1.54) is 0 Å². The molecule has 0 saturated heterocycles. The molecule has 4 aromatic carbocycles. The minimum Gasteiger partial charge on any atom is -0.490 e. The Morgan fingerprint density at radius 2 is 0.917 bits per heavy atom. The Hall–Kier alpha value is -5.18. The van der Waals surface area contributed by atoms with Crippen molar-refractivity contribution in [3.8, 4) is 22.6 Å². The summed E-state index contributed by atoms with van der Waals surface area (Å²) in [6.07, 6.45) is 6.86. The predicted octanol–water partition coefficient (Wildman–Crippen LogP) is 7.60. The minimum absolute atomic E-state index is 0.310. The normalized spacial score (nSPS) is 12.6. The number of ether oxygens (including phenoxy) is 4. The molecular weight excluding hydrogens is 608 g/mol. The molecule has 2 unspecified atom stereocenters. The molecule has 0 aliphatic carbocycles. The number of aliphatic carboxylic acids is 2. The molecule has 0 aliphatic rings. The van der Waals surface area contributed by atoms with Crippen molar-refractivity contribution in [1.29, 1.82) is 0 Å². The number of carboxylic acid groups (broad SMARTS) is 2. The van der Waals surface area contributed by atoms with Gasteiger partial charge in [0.15, 0.2) is 12.2 Å². The zero-order valence-corrected chi connectivity index (χ0v) is 27.3. The summed E-state index contributed by atoms with van der Waals surface area (Å²) in [4.78, 5) is 22.6. The number of hydrogen-bond acceptors (Lipinski definition) is 6. The van der Waals surface area contributed by atoms with Crippen LogP contribution in [-0.4, -0.2) is 60.8 Å². The van der Waals surface area contributed by atoms with Crippen LogP contribution in [0, 0.1) is 0 Å². The highest BCUT2D eigenvalue weighted by molar-refractivity contribution is 5.73. The molecule has 0 heterocycles. The Kier molecular flexibility index (Phi) is 14.0. The zero-order chi connectivity index (χ0) is 34.1. The topological polar surface area (TPSA) is 112 Å². The second-order valence-electron chi connectivity index (χ2n) is 10.9. The van der Waals surface area contributed by atoms with E-state index in [1.54, 1.807) is 13.8 Å². The van der Waals surface area contributed by atoms with Gasteiger partial charge in [-0.1, -0.05) is 84.9 Å². The third-order valence-corrected chi connectivity index (χ3v) is 7.44. The van der Waals surface area contributed by atoms with E-state index in [4.69, 9.17) is 18.9 Å². The van der Waals surface area contributed by atoms with Gasteiger partial charge in [0.2, 0.25) is 0 Å². The van der Waals surface area contributed by atoms with Gasteiger partial charge in [0.05, 0.1) is 0 Å². The van der Waals surface area contributed by atoms with Crippen LogP contribution in [0.15, 0.2) is 109 Å². The maximum Gasteiger partial charge on any atom is 0.333 e. The SMILES string of the molecule is CCOC(Cc1ccc(OC/C=C\c2ccc(-c3ccc(/C=C/COc4ccc(CC(OCC)C(=O)O)cc4)cc3)cc2)cc1)C(=O)O. The van der Waals surface area contributed by atoms with Crippen molar-refractivity contribution in [3.05, 3.63) is 131 Å². The van der Waals surface area contributed by atoms with Gasteiger partial charge < -0.3 is 29.2 Å². The lowest BCUT2D eigenvalue weighted by Crippen LogP contribution is -2.26. The number of rotatable bonds is 19. The second-order valence-corrected chi connectivity index (χ2v) is 10.9. The Morgan fingerprint density at radius 3 is 1.23 bits per heavy atom. The Labute approximate surface area is 281 Å². The molecule has 0 spiro atoms. The van der Waals surface area contributed by atoms with Gasteiger partial charge in [0.25, 0.3) is 0 Å². The molecule has 48 heavy (non-hydrogen) atoms. The first-order valence-corrected chi connectivity index (χ1v) is 16.0. The van der Waals surface area contributed by atoms with Crippen molar-refractivity contribution in [2.75, 3.05) is 26.4 Å². The van der Waals surface area contributed by atoms with Crippen LogP contribution in [0.4, 0.5) is 0 Å². The molecule has 0 bridgehead atoms. The highest BCUT2D eigenvalue weighted by Crippen LogP contribution is 2.22. The number of benzene rings is 4. The summed E-state index contributed by atoms with van der Waals surface area (Å²) in [5.74, 6) is -0.499. The van der Waals surface area contributed by atoms with Crippen molar-refractivity contribution in [1.82, 2.24) is 0 Å². The molecule has 0 aliphatic heterocycles. The lowest BCUT2D eigenvalue weighted by molar-refractivity contribution is -0.150. The molecular formula is C40H42O8. The van der Waals surface area contributed by atoms with Crippen LogP contribution in [0.5, 0.6) is 11.5 Å². The first-order chi connectivity index (χ1) is 23.3. The molecule has 4 rings (SSSR count). The van der Waals surface area contributed by atoms with Crippen LogP contribution in [0.25, 0.3) is 23.3 Å². The van der Waals surface area contributed by atoms with Crippen molar-refractivity contribution < 1.29 is 38.7 Å². The van der Waals surface area contributed by atoms with E-state index in [9.17, 15) is 19.8 Å². The summed E-state index contributed by atoms with van der Waals surface area (Å²) < 4.78 is 22.2. The fourth-order valence-corrected chi connectivity index (χ4v) is 4.94. The van der Waals surface area contributed by atoms with Crippen molar-refractivity contribution in [2.24, 2.45) is 0 Å². The molecule has 0 aromatic heterocycles. The quantitative estimate of drug-likeness (QED) is 0.107. The average molecular weight is 651 g/mol. The molecule has 0 amide bonds. The Balaban J connectivity index is 1.19. The molecule has 8 heteroatoms. The van der Waals surface area contributed by atoms with E-state index in [0.717, 1.165) is 33.4 Å². The summed E-state index contributed by atoms with van der Waals surface area (Å²) in [6.45, 7) is 5.09. The molecule has 2 atom stereocenters. The average Bonchev–Trinajstić information content (AvgIpc) is 3.10. The van der Waals surface area contributed by atoms with Gasteiger partial charge in [0, 0.05) is 26.1 Å². The summed E-state index contributed by atoms with van der Waals surface area (Å²) >= 11 is 0. The van der Waals surface area contributed by atoms with Crippen LogP contribution in [0.2, 0.25) is 0 Å². The summed E-state index contributed by atoms with van der Waals surface area (Å²) in [5.41, 5.74) is 6.13. The fraction of sp³-hybridized carbons (Fsp3) is 0.250. The van der Waals surface area contributed by atoms with E-state index in [2.05, 4.69) is 48.5 Å². The van der Waals surface area contributed by atoms with Crippen molar-refractivity contribution >= 4 is 24.1 Å². The molecule has 250 valence electrons. The van der Waals surface area contributed by atoms with Crippen LogP contribution in [0.3, 0.4) is 0 Å². The van der Waals surface area contributed by atoms with Crippen LogP contribution < -0.4 is 9.47 Å². The number of carboxylic acids is 2. The Bertz CT molecular complexity index is 1500. The minimum atomic E-state index is -0.963. The van der Waals surface area contributed by atoms with Gasteiger partial charge in [-0.05, 0) is 83.6 Å². The molecule has 2 N–H and O–H groups in total. The second kappa shape index (κ2) is 18.8. The van der Waals surface area contributed by atoms with Gasteiger partial charge in [-0.25, -0.2) is 9.59 Å². The van der Waals surface area contributed by atoms with E-state index in [1.807, 2.05) is 72.8 Å². The maximum atomic E-state index is 11.3. The standard InChI is InChI=1S/C40H42O8/c1-3-45-37(39(41)42)27-31-13-21-35(22-14-31)47-25-5-7-29-9-17-33(18-10-29)34-19-11-30(12-20-34)8-6-26-48-36-23-15-32(16-24-36)28-38(40(43)44)46-4-2/h5-24,37-38H,3-4,25-28H2,1-2H3,(H,41,42)(H,43,44)/b7-5-,8-6+. The highest BCUT2D eigenvalue weighted by atomic mass is 16.5. The van der Waals surface area contributed by atoms with E-state index >= 15 is 0 Å². The number of carbonyl (C=O) groups is 2. The molecule has 8 nitrogen and oxygen atoms in total. The van der Waals surface area contributed by atoms with Gasteiger partial charge in [-0.3, -0.25) is 0 Å². The van der Waals surface area contributed by atoms with Crippen LogP contribution >= 0.6 is 0 Å². The zero-order valence-electron chi connectivity index (χ0n) is 27.3. The predicted molar refractivity (Wildman–Crippen MR) is 187 cm³/mol. The molecule has 4 aromatic rings. The molecule has 0 fully saturated rings. The lowest BCUT2D eigenvalue weighted by atomic mass is 10.0. The first-order valence-electron chi connectivity index (χ1n) is 16.0. The lowest BCUT2D eigenvalue weighted by Gasteiger charge is -2.12. The smallest absolute Gasteiger partial charge is 0.333 e. The summed E-state index contributed by atoms with van der Waals surface area (Å²) in [7, 11) is 0. The van der Waals surface area contributed by atoms with Gasteiger partial charge in [0.1, 0.15) is 24.7 Å². The highest BCUT2D eigenvalue weighted by Gasteiger charge is 2.18. The van der Waals surface area contributed by atoms with E-state index in [-0.39, 0.29) is 0 Å². The van der Waals surface area contributed by atoms with E-state index < -0.39 is 24.1 Å². The van der Waals surface area contributed by atoms with Crippen LogP contribution in [0.1, 0.15) is 36.1 Å². The molecule has 0 radical (unpaired) electrons. The van der Waals surface area contributed by atoms with Gasteiger partial charge in [-0.15, -0.1) is 0 Å².